The van der Waals surface area contributed by atoms with Crippen molar-refractivity contribution in [1.29, 1.82) is 0 Å². The molecule has 0 radical (unpaired) electrons. The monoisotopic (exact) mass is 706 g/mol. The van der Waals surface area contributed by atoms with Crippen LogP contribution in [0, 0.1) is 48.2 Å². The molecule has 1 aliphatic heterocycles. The van der Waals surface area contributed by atoms with E-state index in [1.165, 1.54) is 44.8 Å². The van der Waals surface area contributed by atoms with E-state index in [0.29, 0.717) is 0 Å². The van der Waals surface area contributed by atoms with Gasteiger partial charge < -0.3 is 9.80 Å². The third kappa shape index (κ3) is 8.31. The molecule has 0 saturated carbocycles. The fraction of sp³-hybridized carbons (Fsp3) is 0.355. The van der Waals surface area contributed by atoms with Crippen LogP contribution in [0.1, 0.15) is 52.8 Å². The summed E-state index contributed by atoms with van der Waals surface area (Å²) in [7, 11) is 11.7. The van der Waals surface area contributed by atoms with E-state index < -0.39 is 13.5 Å². The zero-order chi connectivity index (χ0) is 28.1. The van der Waals surface area contributed by atoms with E-state index in [0.717, 1.165) is 28.9 Å². The smallest absolute Gasteiger partial charge is 0.0146 e. The van der Waals surface area contributed by atoms with Crippen LogP contribution in [-0.4, -0.2) is 28.5 Å². The summed E-state index contributed by atoms with van der Waals surface area (Å²) >= 11 is 1.63. The second-order valence-electron chi connectivity index (χ2n) is 10.2. The molecule has 0 spiro atoms. The van der Waals surface area contributed by atoms with Gasteiger partial charge in [-0.3, -0.25) is 0 Å². The van der Waals surface area contributed by atoms with Gasteiger partial charge in [-0.15, -0.1) is 0 Å². The van der Waals surface area contributed by atoms with Gasteiger partial charge in [0, 0.05) is 24.5 Å². The molecule has 1 aliphatic rings. The van der Waals surface area contributed by atoms with E-state index in [1.807, 2.05) is 36.7 Å². The number of hydrogen-bond acceptors (Lipinski definition) is 2. The van der Waals surface area contributed by atoms with E-state index in [9.17, 15) is 0 Å². The van der Waals surface area contributed by atoms with Gasteiger partial charge in [0.1, 0.15) is 0 Å². The average molecular weight is 708 g/mol. The van der Waals surface area contributed by atoms with Crippen molar-refractivity contribution in [2.45, 2.75) is 61.5 Å². The minimum atomic E-state index is -1.79. The second-order valence-corrected chi connectivity index (χ2v) is 16.9. The minimum Gasteiger partial charge on any atom is -0.502 e. The number of hydrogen-bond donors (Lipinski definition) is 0. The Morgan fingerprint density at radius 2 is 1.26 bits per heavy atom. The zero-order valence-electron chi connectivity index (χ0n) is 23.5. The van der Waals surface area contributed by atoms with Crippen LogP contribution in [0.5, 0.6) is 5.75 Å². The van der Waals surface area contributed by atoms with Gasteiger partial charge in [0.05, 0.1) is 0 Å². The molecule has 0 bridgehead atoms. The summed E-state index contributed by atoms with van der Waals surface area (Å²) in [6, 6.07) is 15.1. The van der Waals surface area contributed by atoms with Crippen molar-refractivity contribution >= 4 is 51.3 Å². The number of aryl methyl sites for hydroxylation is 6. The van der Waals surface area contributed by atoms with Crippen molar-refractivity contribution in [2.75, 3.05) is 22.9 Å². The topological polar surface area (TPSA) is 19.3 Å². The first-order valence-corrected chi connectivity index (χ1v) is 19.0. The van der Waals surface area contributed by atoms with Crippen LogP contribution in [0.4, 0.5) is 11.4 Å². The summed E-state index contributed by atoms with van der Waals surface area (Å²) in [5, 5.41) is 0. The summed E-state index contributed by atoms with van der Waals surface area (Å²) in [5.41, 5.74) is 11.9. The van der Waals surface area contributed by atoms with Crippen LogP contribution in [0.15, 0.2) is 46.9 Å². The standard InChI is InChI=1S/C21H27N2.C10H11BrO.2ClH.Ru/c1-14-9-16(3)20(17(4)10-14)22-7-8-23(13-22)21-18(5)11-15(2)12-19(21)6;1-7(2)12-10-5-4-9(11)6-8(10)3;;;/h9-13H,7-8H2,1-6H3;3-7H,1-2H3;2*1H;/q-1;;;;+2/p-1. The average Bonchev–Trinajstić information content (AvgIpc) is 3.23. The molecule has 0 atom stereocenters. The molecule has 1 saturated heterocycles. The summed E-state index contributed by atoms with van der Waals surface area (Å²) < 4.78 is 7.44. The van der Waals surface area contributed by atoms with Crippen LogP contribution in [0.3, 0.4) is 0 Å². The molecular weight excluding hydrogens is 668 g/mol. The summed E-state index contributed by atoms with van der Waals surface area (Å²) in [5.74, 6) is 0.952. The predicted molar refractivity (Wildman–Crippen MR) is 168 cm³/mol. The Labute approximate surface area is 250 Å². The Morgan fingerprint density at radius 3 is 1.66 bits per heavy atom. The summed E-state index contributed by atoms with van der Waals surface area (Å²) in [4.78, 5) is 4.81. The van der Waals surface area contributed by atoms with E-state index >= 15 is 0 Å². The normalized spacial score (nSPS) is 13.4. The molecule has 38 heavy (non-hydrogen) atoms. The summed E-state index contributed by atoms with van der Waals surface area (Å²) in [6.07, 6.45) is 0.268. The maximum Gasteiger partial charge on any atom is 0.0146 e. The molecule has 1 heterocycles. The molecule has 3 aromatic rings. The van der Waals surface area contributed by atoms with Gasteiger partial charge in [-0.2, -0.15) is 6.67 Å². The number of benzene rings is 3. The zero-order valence-corrected chi connectivity index (χ0v) is 28.4. The van der Waals surface area contributed by atoms with Crippen LogP contribution in [-0.2, 0) is 13.5 Å². The molecule has 0 unspecified atom stereocenters. The van der Waals surface area contributed by atoms with Crippen molar-refractivity contribution < 1.29 is 18.3 Å². The molecule has 0 amide bonds. The molecule has 0 aromatic heterocycles. The molecule has 0 aliphatic carbocycles. The van der Waals surface area contributed by atoms with Gasteiger partial charge in [-0.25, -0.2) is 0 Å². The fourth-order valence-corrected chi connectivity index (χ4v) is 7.35. The van der Waals surface area contributed by atoms with Crippen molar-refractivity contribution in [3.63, 3.8) is 0 Å². The van der Waals surface area contributed by atoms with Crippen LogP contribution in [0.25, 0.3) is 0 Å². The van der Waals surface area contributed by atoms with Gasteiger partial charge in [-0.1, -0.05) is 35.4 Å². The Bertz CT molecular complexity index is 1210. The Balaban J connectivity index is 0.000000232. The number of ether oxygens (including phenoxy) is 1. The van der Waals surface area contributed by atoms with Crippen molar-refractivity contribution in [3.05, 3.63) is 92.6 Å². The van der Waals surface area contributed by atoms with Crippen molar-refractivity contribution in [2.24, 2.45) is 0 Å². The number of aromatic hydroxyl groups is 1. The Morgan fingerprint density at radius 1 is 0.816 bits per heavy atom. The first kappa shape index (κ1) is 31.1. The third-order valence-electron chi connectivity index (χ3n) is 6.28. The van der Waals surface area contributed by atoms with Gasteiger partial charge in [-0.05, 0) is 63.8 Å². The molecule has 7 heteroatoms. The second kappa shape index (κ2) is 13.8. The maximum atomic E-state index is 5.87. The molecule has 3 nitrogen and oxygen atoms in total. The van der Waals surface area contributed by atoms with Crippen molar-refractivity contribution in [3.8, 4) is 5.75 Å². The first-order valence-electron chi connectivity index (χ1n) is 12.7. The predicted octanol–water partition coefficient (Wildman–Crippen LogP) is 9.16. The Hall–Kier alpha value is -1.39. The van der Waals surface area contributed by atoms with Crippen LogP contribution < -0.4 is 9.80 Å². The number of rotatable bonds is 5. The van der Waals surface area contributed by atoms with E-state index in [1.54, 1.807) is 0 Å². The molecule has 1 N–H and O–H groups in total. The van der Waals surface area contributed by atoms with E-state index in [4.69, 9.17) is 19.4 Å². The van der Waals surface area contributed by atoms with Gasteiger partial charge in [0.2, 0.25) is 0 Å². The molecule has 1 fully saturated rings. The van der Waals surface area contributed by atoms with Gasteiger partial charge >= 0.3 is 112 Å². The number of nitrogens with zero attached hydrogens (tertiary/aromatic N) is 2. The molecule has 208 valence electrons. The van der Waals surface area contributed by atoms with Gasteiger partial charge in [0.15, 0.2) is 0 Å². The third-order valence-corrected chi connectivity index (χ3v) is 8.61. The van der Waals surface area contributed by atoms with E-state index in [-0.39, 0.29) is 6.10 Å². The Kier molecular flexibility index (Phi) is 11.3. The maximum absolute atomic E-state index is 5.87. The SMILES string of the molecule is CC(C)[OH+]c1ccc(Br)cc1[CH]=[Ru]([Cl])[Cl].Cc1cc(C)c(N2[CH-]N(c3c(C)cc(C)cc3C)CC2)c(C)c1. The van der Waals surface area contributed by atoms with Crippen LogP contribution >= 0.6 is 35.3 Å². The fourth-order valence-electron chi connectivity index (χ4n) is 5.18. The first-order chi connectivity index (χ1) is 17.8. The molecule has 4 rings (SSSR count). The van der Waals surface area contributed by atoms with E-state index in [2.05, 4.69) is 103 Å². The van der Waals surface area contributed by atoms with Crippen molar-refractivity contribution in [1.82, 2.24) is 0 Å². The minimum absolute atomic E-state index is 0.268. The summed E-state index contributed by atoms with van der Waals surface area (Å²) in [6.45, 7) is 21.7. The molecule has 3 aromatic carbocycles. The number of anilines is 2. The number of halogens is 3. The van der Waals surface area contributed by atoms with Crippen LogP contribution in [0.2, 0.25) is 0 Å². The van der Waals surface area contributed by atoms with Gasteiger partial charge in [0.25, 0.3) is 0 Å². The number of aliphatic hydroxyl groups is 1. The largest absolute Gasteiger partial charge is 0.502 e. The quantitative estimate of drug-likeness (QED) is 0.150. The molecular formula is C31H39BrCl2N2ORu.